The molecule has 7 heteroatoms. The second-order valence-corrected chi connectivity index (χ2v) is 5.95. The highest BCUT2D eigenvalue weighted by molar-refractivity contribution is 7.98. The number of nitrogens with zero attached hydrogens (tertiary/aromatic N) is 3. The number of aromatic nitrogens is 4. The first-order valence-electron chi connectivity index (χ1n) is 7.11. The van der Waals surface area contributed by atoms with Gasteiger partial charge in [-0.15, -0.1) is 5.10 Å². The van der Waals surface area contributed by atoms with E-state index in [-0.39, 0.29) is 11.7 Å². The lowest BCUT2D eigenvalue weighted by atomic mass is 10.3. The van der Waals surface area contributed by atoms with Crippen molar-refractivity contribution in [2.45, 2.75) is 44.1 Å². The number of hydrogen-bond acceptors (Lipinski definition) is 5. The van der Waals surface area contributed by atoms with Gasteiger partial charge in [-0.1, -0.05) is 24.8 Å². The molecule has 0 aliphatic rings. The van der Waals surface area contributed by atoms with Gasteiger partial charge in [-0.3, -0.25) is 4.57 Å². The lowest BCUT2D eigenvalue weighted by Gasteiger charge is -2.09. The van der Waals surface area contributed by atoms with E-state index in [0.29, 0.717) is 10.9 Å². The van der Waals surface area contributed by atoms with E-state index in [4.69, 9.17) is 0 Å². The third kappa shape index (κ3) is 4.10. The van der Waals surface area contributed by atoms with Crippen LogP contribution in [0.3, 0.4) is 0 Å². The summed E-state index contributed by atoms with van der Waals surface area (Å²) in [5, 5.41) is 10.5. The molecule has 2 N–H and O–H groups in total. The Morgan fingerprint density at radius 1 is 1.43 bits per heavy atom. The smallest absolute Gasteiger partial charge is 0.344 e. The summed E-state index contributed by atoms with van der Waals surface area (Å²) in [6.07, 6.45) is 1.06. The Morgan fingerprint density at radius 3 is 2.95 bits per heavy atom. The van der Waals surface area contributed by atoms with E-state index >= 15 is 0 Å². The molecule has 0 unspecified atom stereocenters. The molecule has 0 spiro atoms. The number of pyridine rings is 1. The van der Waals surface area contributed by atoms with Crippen LogP contribution in [0.5, 0.6) is 0 Å². The van der Waals surface area contributed by atoms with Gasteiger partial charge in [0.1, 0.15) is 5.82 Å². The van der Waals surface area contributed by atoms with Gasteiger partial charge in [-0.2, -0.15) is 0 Å². The first-order chi connectivity index (χ1) is 10.1. The first kappa shape index (κ1) is 15.6. The van der Waals surface area contributed by atoms with Crippen molar-refractivity contribution in [2.75, 3.05) is 11.9 Å². The quantitative estimate of drug-likeness (QED) is 0.769. The van der Waals surface area contributed by atoms with Crippen LogP contribution in [0.1, 0.15) is 38.9 Å². The SMILES string of the molecule is CCCNc1cccc(CSc2n[nH]c(=O)n2C(C)C)n1. The molecule has 0 atom stereocenters. The Kier molecular flexibility index (Phi) is 5.44. The average molecular weight is 307 g/mol. The lowest BCUT2D eigenvalue weighted by Crippen LogP contribution is -2.19. The standard InChI is InChI=1S/C14H21N5OS/c1-4-8-15-12-7-5-6-11(16-12)9-21-14-18-17-13(20)19(14)10(2)3/h5-7,10H,4,8-9H2,1-3H3,(H,15,16)(H,17,20). The van der Waals surface area contributed by atoms with Gasteiger partial charge >= 0.3 is 5.69 Å². The summed E-state index contributed by atoms with van der Waals surface area (Å²) in [6, 6.07) is 6.02. The number of thioether (sulfide) groups is 1. The van der Waals surface area contributed by atoms with Crippen molar-refractivity contribution < 1.29 is 0 Å². The zero-order chi connectivity index (χ0) is 15.2. The van der Waals surface area contributed by atoms with E-state index in [2.05, 4.69) is 27.4 Å². The monoisotopic (exact) mass is 307 g/mol. The highest BCUT2D eigenvalue weighted by Gasteiger charge is 2.12. The van der Waals surface area contributed by atoms with Crippen molar-refractivity contribution in [3.05, 3.63) is 34.4 Å². The van der Waals surface area contributed by atoms with Crippen LogP contribution in [0.25, 0.3) is 0 Å². The molecule has 0 aliphatic carbocycles. The van der Waals surface area contributed by atoms with Gasteiger partial charge in [0.25, 0.3) is 0 Å². The summed E-state index contributed by atoms with van der Waals surface area (Å²) >= 11 is 1.51. The van der Waals surface area contributed by atoms with E-state index < -0.39 is 0 Å². The van der Waals surface area contributed by atoms with Gasteiger partial charge < -0.3 is 5.32 Å². The Balaban J connectivity index is 2.05. The molecule has 0 radical (unpaired) electrons. The molecule has 2 heterocycles. The maximum atomic E-state index is 11.7. The summed E-state index contributed by atoms with van der Waals surface area (Å²) in [7, 11) is 0. The van der Waals surface area contributed by atoms with Crippen molar-refractivity contribution in [2.24, 2.45) is 0 Å². The highest BCUT2D eigenvalue weighted by Crippen LogP contribution is 2.21. The molecular weight excluding hydrogens is 286 g/mol. The van der Waals surface area contributed by atoms with E-state index in [1.807, 2.05) is 32.0 Å². The molecule has 21 heavy (non-hydrogen) atoms. The maximum Gasteiger partial charge on any atom is 0.344 e. The molecule has 0 aliphatic heterocycles. The minimum Gasteiger partial charge on any atom is -0.370 e. The van der Waals surface area contributed by atoms with Gasteiger partial charge in [0.05, 0.1) is 5.69 Å². The molecular formula is C14H21N5OS. The maximum absolute atomic E-state index is 11.7. The van der Waals surface area contributed by atoms with Crippen LogP contribution >= 0.6 is 11.8 Å². The predicted octanol–water partition coefficient (Wildman–Crippen LogP) is 2.66. The summed E-state index contributed by atoms with van der Waals surface area (Å²) in [6.45, 7) is 6.97. The normalized spacial score (nSPS) is 11.0. The van der Waals surface area contributed by atoms with Gasteiger partial charge in [0.15, 0.2) is 5.16 Å². The van der Waals surface area contributed by atoms with Crippen molar-refractivity contribution in [3.63, 3.8) is 0 Å². The molecule has 6 nitrogen and oxygen atoms in total. The third-order valence-corrected chi connectivity index (χ3v) is 3.89. The third-order valence-electron chi connectivity index (χ3n) is 2.90. The fourth-order valence-electron chi connectivity index (χ4n) is 1.90. The molecule has 0 aromatic carbocycles. The van der Waals surface area contributed by atoms with Crippen LogP contribution in [-0.2, 0) is 5.75 Å². The Labute approximate surface area is 128 Å². The van der Waals surface area contributed by atoms with Gasteiger partial charge in [-0.05, 0) is 32.4 Å². The molecule has 114 valence electrons. The predicted molar refractivity (Wildman–Crippen MR) is 85.8 cm³/mol. The van der Waals surface area contributed by atoms with Crippen LogP contribution in [-0.4, -0.2) is 26.3 Å². The summed E-state index contributed by atoms with van der Waals surface area (Å²) in [5.41, 5.74) is 0.797. The molecule has 0 saturated carbocycles. The molecule has 2 rings (SSSR count). The van der Waals surface area contributed by atoms with Gasteiger partial charge in [-0.25, -0.2) is 14.9 Å². The summed E-state index contributed by atoms with van der Waals surface area (Å²) in [4.78, 5) is 16.2. The number of hydrogen-bond donors (Lipinski definition) is 2. The number of nitrogens with one attached hydrogen (secondary N) is 2. The van der Waals surface area contributed by atoms with Crippen molar-refractivity contribution in [1.29, 1.82) is 0 Å². The molecule has 0 bridgehead atoms. The lowest BCUT2D eigenvalue weighted by molar-refractivity contribution is 0.534. The Bertz CT molecular complexity index is 634. The number of rotatable bonds is 7. The Morgan fingerprint density at radius 2 is 2.24 bits per heavy atom. The minimum atomic E-state index is -0.168. The average Bonchev–Trinajstić information content (AvgIpc) is 2.84. The van der Waals surface area contributed by atoms with Crippen LogP contribution < -0.4 is 11.0 Å². The topological polar surface area (TPSA) is 75.6 Å². The number of anilines is 1. The summed E-state index contributed by atoms with van der Waals surface area (Å²) in [5.74, 6) is 1.57. The largest absolute Gasteiger partial charge is 0.370 e. The van der Waals surface area contributed by atoms with Crippen LogP contribution in [0, 0.1) is 0 Å². The Hall–Kier alpha value is -1.76. The second-order valence-electron chi connectivity index (χ2n) is 5.00. The molecule has 0 saturated heterocycles. The van der Waals surface area contributed by atoms with E-state index in [1.54, 1.807) is 4.57 Å². The van der Waals surface area contributed by atoms with Gasteiger partial charge in [0.2, 0.25) is 0 Å². The van der Waals surface area contributed by atoms with E-state index in [9.17, 15) is 4.79 Å². The molecule has 0 amide bonds. The zero-order valence-corrected chi connectivity index (χ0v) is 13.4. The van der Waals surface area contributed by atoms with E-state index in [1.165, 1.54) is 11.8 Å². The zero-order valence-electron chi connectivity index (χ0n) is 12.6. The molecule has 0 fully saturated rings. The number of H-pyrrole nitrogens is 1. The fraction of sp³-hybridized carbons (Fsp3) is 0.500. The van der Waals surface area contributed by atoms with Crippen LogP contribution in [0.4, 0.5) is 5.82 Å². The van der Waals surface area contributed by atoms with Crippen molar-refractivity contribution >= 4 is 17.6 Å². The van der Waals surface area contributed by atoms with Crippen LogP contribution in [0.2, 0.25) is 0 Å². The summed E-state index contributed by atoms with van der Waals surface area (Å²) < 4.78 is 1.66. The van der Waals surface area contributed by atoms with Crippen molar-refractivity contribution in [1.82, 2.24) is 19.7 Å². The fourth-order valence-corrected chi connectivity index (χ4v) is 2.88. The second kappa shape index (κ2) is 7.31. The van der Waals surface area contributed by atoms with Crippen LogP contribution in [0.15, 0.2) is 28.2 Å². The highest BCUT2D eigenvalue weighted by atomic mass is 32.2. The molecule has 2 aromatic rings. The first-order valence-corrected chi connectivity index (χ1v) is 8.10. The molecule has 2 aromatic heterocycles. The number of aromatic amines is 1. The minimum absolute atomic E-state index is 0.0873. The van der Waals surface area contributed by atoms with Crippen molar-refractivity contribution in [3.8, 4) is 0 Å². The van der Waals surface area contributed by atoms with Gasteiger partial charge in [0, 0.05) is 18.3 Å². The van der Waals surface area contributed by atoms with E-state index in [0.717, 1.165) is 24.5 Å².